The predicted octanol–water partition coefficient (Wildman–Crippen LogP) is 2.74. The zero-order valence-electron chi connectivity index (χ0n) is 10.6. The van der Waals surface area contributed by atoms with E-state index in [0.717, 1.165) is 24.9 Å². The van der Waals surface area contributed by atoms with Gasteiger partial charge in [0.2, 0.25) is 5.91 Å². The van der Waals surface area contributed by atoms with Gasteiger partial charge in [-0.15, -0.1) is 0 Å². The standard InChI is InChI=1S/C14H19ClN2O/c1-2-9-17-13(18)8-7-12(16)14(17)10-3-5-11(15)6-4-10/h3-6,12,14H,2,7-9,16H2,1H3. The lowest BCUT2D eigenvalue weighted by atomic mass is 9.90. The van der Waals surface area contributed by atoms with Gasteiger partial charge in [-0.25, -0.2) is 0 Å². The number of hydrogen-bond acceptors (Lipinski definition) is 2. The van der Waals surface area contributed by atoms with Crippen LogP contribution >= 0.6 is 11.6 Å². The van der Waals surface area contributed by atoms with Crippen molar-refractivity contribution in [3.8, 4) is 0 Å². The first-order chi connectivity index (χ1) is 8.63. The summed E-state index contributed by atoms with van der Waals surface area (Å²) >= 11 is 5.90. The molecule has 2 unspecified atom stereocenters. The van der Waals surface area contributed by atoms with Crippen molar-refractivity contribution in [3.63, 3.8) is 0 Å². The van der Waals surface area contributed by atoms with Gasteiger partial charge < -0.3 is 10.6 Å². The van der Waals surface area contributed by atoms with Gasteiger partial charge >= 0.3 is 0 Å². The third kappa shape index (κ3) is 2.68. The van der Waals surface area contributed by atoms with Crippen LogP contribution in [0.2, 0.25) is 5.02 Å². The quantitative estimate of drug-likeness (QED) is 0.914. The molecule has 0 spiro atoms. The SMILES string of the molecule is CCCN1C(=O)CCC(N)C1c1ccc(Cl)cc1. The van der Waals surface area contributed by atoms with Crippen molar-refractivity contribution in [1.82, 2.24) is 4.90 Å². The molecule has 2 rings (SSSR count). The molecule has 2 atom stereocenters. The minimum absolute atomic E-state index is 0.00965. The predicted molar refractivity (Wildman–Crippen MR) is 73.4 cm³/mol. The van der Waals surface area contributed by atoms with Crippen molar-refractivity contribution in [2.24, 2.45) is 5.73 Å². The highest BCUT2D eigenvalue weighted by Crippen LogP contribution is 2.31. The molecule has 2 N–H and O–H groups in total. The summed E-state index contributed by atoms with van der Waals surface area (Å²) in [6.45, 7) is 2.84. The smallest absolute Gasteiger partial charge is 0.223 e. The summed E-state index contributed by atoms with van der Waals surface area (Å²) in [6.07, 6.45) is 2.26. The van der Waals surface area contributed by atoms with Crippen LogP contribution in [0.25, 0.3) is 0 Å². The number of piperidine rings is 1. The first-order valence-electron chi connectivity index (χ1n) is 6.44. The number of amides is 1. The van der Waals surface area contributed by atoms with Crippen LogP contribution in [0.15, 0.2) is 24.3 Å². The zero-order valence-corrected chi connectivity index (χ0v) is 11.4. The molecule has 4 heteroatoms. The molecule has 1 fully saturated rings. The number of carbonyl (C=O) groups is 1. The van der Waals surface area contributed by atoms with Gasteiger partial charge in [-0.2, -0.15) is 0 Å². The zero-order chi connectivity index (χ0) is 13.1. The van der Waals surface area contributed by atoms with Gasteiger partial charge in [0, 0.05) is 24.0 Å². The van der Waals surface area contributed by atoms with E-state index in [0.29, 0.717) is 11.4 Å². The largest absolute Gasteiger partial charge is 0.334 e. The lowest BCUT2D eigenvalue weighted by Crippen LogP contribution is -2.49. The summed E-state index contributed by atoms with van der Waals surface area (Å²) in [7, 11) is 0. The fraction of sp³-hybridized carbons (Fsp3) is 0.500. The molecule has 0 aromatic heterocycles. The second kappa shape index (κ2) is 5.72. The molecular formula is C14H19ClN2O. The molecule has 1 aromatic rings. The summed E-state index contributed by atoms with van der Waals surface area (Å²) in [5.74, 6) is 0.207. The van der Waals surface area contributed by atoms with E-state index in [1.807, 2.05) is 29.2 Å². The Morgan fingerprint density at radius 3 is 2.67 bits per heavy atom. The van der Waals surface area contributed by atoms with Crippen LogP contribution in [0.3, 0.4) is 0 Å². The molecule has 0 bridgehead atoms. The average molecular weight is 267 g/mol. The fourth-order valence-corrected chi connectivity index (χ4v) is 2.70. The molecule has 1 saturated heterocycles. The molecule has 0 radical (unpaired) electrons. The molecule has 0 aliphatic carbocycles. The third-order valence-corrected chi connectivity index (χ3v) is 3.68. The molecule has 1 heterocycles. The lowest BCUT2D eigenvalue weighted by Gasteiger charge is -2.40. The van der Waals surface area contributed by atoms with E-state index in [-0.39, 0.29) is 18.0 Å². The molecule has 1 aromatic carbocycles. The first-order valence-corrected chi connectivity index (χ1v) is 6.81. The molecular weight excluding hydrogens is 248 g/mol. The van der Waals surface area contributed by atoms with Crippen LogP contribution in [0.1, 0.15) is 37.8 Å². The molecule has 1 aliphatic heterocycles. The molecule has 0 saturated carbocycles. The molecule has 3 nitrogen and oxygen atoms in total. The number of halogens is 1. The van der Waals surface area contributed by atoms with Crippen molar-refractivity contribution in [2.45, 2.75) is 38.3 Å². The minimum atomic E-state index is -0.0107. The number of likely N-dealkylation sites (tertiary alicyclic amines) is 1. The highest BCUT2D eigenvalue weighted by Gasteiger charge is 2.34. The van der Waals surface area contributed by atoms with Gasteiger partial charge in [0.25, 0.3) is 0 Å². The van der Waals surface area contributed by atoms with Crippen LogP contribution in [0, 0.1) is 0 Å². The van der Waals surface area contributed by atoms with Gasteiger partial charge in [-0.3, -0.25) is 4.79 Å². The first kappa shape index (κ1) is 13.4. The maximum atomic E-state index is 12.0. The van der Waals surface area contributed by atoms with E-state index in [1.54, 1.807) is 0 Å². The van der Waals surface area contributed by atoms with Gasteiger partial charge in [0.15, 0.2) is 0 Å². The van der Waals surface area contributed by atoms with E-state index in [9.17, 15) is 4.79 Å². The monoisotopic (exact) mass is 266 g/mol. The third-order valence-electron chi connectivity index (χ3n) is 3.43. The Kier molecular flexibility index (Phi) is 4.25. The number of benzene rings is 1. The Morgan fingerprint density at radius 2 is 2.06 bits per heavy atom. The van der Waals surface area contributed by atoms with E-state index >= 15 is 0 Å². The maximum absolute atomic E-state index is 12.0. The van der Waals surface area contributed by atoms with Crippen LogP contribution in [0.5, 0.6) is 0 Å². The van der Waals surface area contributed by atoms with Crippen LogP contribution < -0.4 is 5.73 Å². The molecule has 1 amide bonds. The molecule has 18 heavy (non-hydrogen) atoms. The fourth-order valence-electron chi connectivity index (χ4n) is 2.57. The minimum Gasteiger partial charge on any atom is -0.334 e. The Bertz CT molecular complexity index is 418. The normalized spacial score (nSPS) is 24.4. The summed E-state index contributed by atoms with van der Waals surface area (Å²) < 4.78 is 0. The van der Waals surface area contributed by atoms with E-state index in [1.165, 1.54) is 0 Å². The van der Waals surface area contributed by atoms with Gasteiger partial charge in [0.05, 0.1) is 6.04 Å². The molecule has 98 valence electrons. The van der Waals surface area contributed by atoms with Crippen molar-refractivity contribution in [3.05, 3.63) is 34.9 Å². The van der Waals surface area contributed by atoms with E-state index in [2.05, 4.69) is 6.92 Å². The highest BCUT2D eigenvalue weighted by molar-refractivity contribution is 6.30. The Balaban J connectivity index is 2.30. The van der Waals surface area contributed by atoms with Crippen LogP contribution in [-0.2, 0) is 4.79 Å². The summed E-state index contributed by atoms with van der Waals surface area (Å²) in [5.41, 5.74) is 7.28. The van der Waals surface area contributed by atoms with Crippen LogP contribution in [-0.4, -0.2) is 23.4 Å². The van der Waals surface area contributed by atoms with Gasteiger partial charge in [-0.05, 0) is 30.5 Å². The van der Waals surface area contributed by atoms with Gasteiger partial charge in [0.1, 0.15) is 0 Å². The number of hydrogen-bond donors (Lipinski definition) is 1. The van der Waals surface area contributed by atoms with Crippen molar-refractivity contribution in [2.75, 3.05) is 6.54 Å². The molecule has 1 aliphatic rings. The number of carbonyl (C=O) groups excluding carboxylic acids is 1. The summed E-state index contributed by atoms with van der Waals surface area (Å²) in [4.78, 5) is 13.9. The maximum Gasteiger partial charge on any atom is 0.223 e. The van der Waals surface area contributed by atoms with Crippen molar-refractivity contribution >= 4 is 17.5 Å². The average Bonchev–Trinajstić information content (AvgIpc) is 2.36. The Morgan fingerprint density at radius 1 is 1.39 bits per heavy atom. The Labute approximate surface area is 113 Å². The van der Waals surface area contributed by atoms with E-state index < -0.39 is 0 Å². The van der Waals surface area contributed by atoms with Crippen LogP contribution in [0.4, 0.5) is 0 Å². The number of nitrogens with zero attached hydrogens (tertiary/aromatic N) is 1. The number of nitrogens with two attached hydrogens (primary N) is 1. The summed E-state index contributed by atoms with van der Waals surface area (Å²) in [6, 6.07) is 7.64. The highest BCUT2D eigenvalue weighted by atomic mass is 35.5. The summed E-state index contributed by atoms with van der Waals surface area (Å²) in [5, 5.41) is 0.705. The topological polar surface area (TPSA) is 46.3 Å². The Hall–Kier alpha value is -1.06. The second-order valence-electron chi connectivity index (χ2n) is 4.79. The lowest BCUT2D eigenvalue weighted by molar-refractivity contribution is -0.137. The van der Waals surface area contributed by atoms with Crippen molar-refractivity contribution < 1.29 is 4.79 Å². The van der Waals surface area contributed by atoms with Crippen molar-refractivity contribution in [1.29, 1.82) is 0 Å². The number of rotatable bonds is 3. The van der Waals surface area contributed by atoms with Gasteiger partial charge in [-0.1, -0.05) is 30.7 Å². The van der Waals surface area contributed by atoms with E-state index in [4.69, 9.17) is 17.3 Å². The second-order valence-corrected chi connectivity index (χ2v) is 5.22.